The zero-order valence-electron chi connectivity index (χ0n) is 18.8. The van der Waals surface area contributed by atoms with Crippen LogP contribution in [0.4, 0.5) is 16.2 Å². The van der Waals surface area contributed by atoms with Gasteiger partial charge in [-0.15, -0.1) is 0 Å². The van der Waals surface area contributed by atoms with Gasteiger partial charge in [0.15, 0.2) is 5.41 Å². The van der Waals surface area contributed by atoms with Gasteiger partial charge in [-0.05, 0) is 43.7 Å². The van der Waals surface area contributed by atoms with E-state index in [2.05, 4.69) is 9.80 Å². The minimum atomic E-state index is -1.41. The van der Waals surface area contributed by atoms with Gasteiger partial charge in [0.05, 0.1) is 6.04 Å². The predicted octanol–water partition coefficient (Wildman–Crippen LogP) is 3.41. The smallest absolute Gasteiger partial charge is 0.333 e. The number of imide groups is 2. The van der Waals surface area contributed by atoms with Gasteiger partial charge in [0.25, 0.3) is 0 Å². The second-order valence-electron chi connectivity index (χ2n) is 8.76. The quantitative estimate of drug-likeness (QED) is 0.649. The van der Waals surface area contributed by atoms with Crippen LogP contribution in [0.25, 0.3) is 0 Å². The van der Waals surface area contributed by atoms with E-state index in [0.29, 0.717) is 18.1 Å². The van der Waals surface area contributed by atoms with E-state index in [1.807, 2.05) is 42.5 Å². The lowest BCUT2D eigenvalue weighted by atomic mass is 9.67. The van der Waals surface area contributed by atoms with E-state index in [1.54, 1.807) is 19.9 Å². The van der Waals surface area contributed by atoms with Crippen LogP contribution in [0, 0.1) is 5.41 Å². The van der Waals surface area contributed by atoms with Crippen molar-refractivity contribution in [2.45, 2.75) is 26.3 Å². The van der Waals surface area contributed by atoms with E-state index in [-0.39, 0.29) is 19.5 Å². The van der Waals surface area contributed by atoms with Crippen molar-refractivity contribution in [3.63, 3.8) is 0 Å². The molecule has 1 atom stereocenters. The van der Waals surface area contributed by atoms with Crippen LogP contribution >= 0.6 is 11.6 Å². The van der Waals surface area contributed by atoms with Crippen molar-refractivity contribution in [3.05, 3.63) is 59.1 Å². The van der Waals surface area contributed by atoms with Crippen LogP contribution in [-0.4, -0.2) is 66.4 Å². The van der Waals surface area contributed by atoms with Gasteiger partial charge >= 0.3 is 6.03 Å². The predicted molar refractivity (Wildman–Crippen MR) is 128 cm³/mol. The van der Waals surface area contributed by atoms with Crippen molar-refractivity contribution in [3.8, 4) is 0 Å². The molecular weight excluding hydrogens is 440 g/mol. The number of hydrogen-bond donors (Lipinski definition) is 0. The van der Waals surface area contributed by atoms with E-state index < -0.39 is 29.3 Å². The molecule has 0 bridgehead atoms. The van der Waals surface area contributed by atoms with Crippen molar-refractivity contribution in [2.75, 3.05) is 42.5 Å². The molecule has 0 unspecified atom stereocenters. The summed E-state index contributed by atoms with van der Waals surface area (Å²) in [6.45, 7) is 5.86. The van der Waals surface area contributed by atoms with E-state index in [4.69, 9.17) is 11.6 Å². The third kappa shape index (κ3) is 3.05. The minimum Gasteiger partial charge on any atom is -0.368 e. The molecule has 3 heterocycles. The van der Waals surface area contributed by atoms with Gasteiger partial charge in [0, 0.05) is 55.5 Å². The summed E-state index contributed by atoms with van der Waals surface area (Å²) in [5, 5.41) is 0.541. The number of halogens is 1. The average Bonchev–Trinajstić information content (AvgIpc) is 2.84. The highest BCUT2D eigenvalue weighted by Crippen LogP contribution is 2.49. The first-order chi connectivity index (χ1) is 15.9. The first-order valence-corrected chi connectivity index (χ1v) is 11.8. The molecular formula is C25H27ClN4O3. The van der Waals surface area contributed by atoms with Gasteiger partial charge in [-0.3, -0.25) is 19.4 Å². The van der Waals surface area contributed by atoms with Crippen molar-refractivity contribution >= 4 is 40.8 Å². The Labute approximate surface area is 198 Å². The topological polar surface area (TPSA) is 64.2 Å². The molecule has 4 amide bonds. The zero-order valence-corrected chi connectivity index (χ0v) is 19.6. The van der Waals surface area contributed by atoms with Gasteiger partial charge in [0.1, 0.15) is 0 Å². The summed E-state index contributed by atoms with van der Waals surface area (Å²) in [4.78, 5) is 47.8. The molecule has 3 aliphatic heterocycles. The summed E-state index contributed by atoms with van der Waals surface area (Å²) in [5.41, 5.74) is 1.41. The highest BCUT2D eigenvalue weighted by molar-refractivity contribution is 6.32. The van der Waals surface area contributed by atoms with E-state index in [1.165, 1.54) is 9.80 Å². The maximum absolute atomic E-state index is 14.0. The number of carbonyl (C=O) groups is 3. The lowest BCUT2D eigenvalue weighted by Gasteiger charge is -2.57. The average molecular weight is 467 g/mol. The first kappa shape index (κ1) is 21.8. The van der Waals surface area contributed by atoms with Crippen LogP contribution in [0.2, 0.25) is 5.02 Å². The molecule has 5 rings (SSSR count). The summed E-state index contributed by atoms with van der Waals surface area (Å²) in [6, 6.07) is 14.8. The molecule has 0 aromatic heterocycles. The minimum absolute atomic E-state index is 0.184. The Balaban J connectivity index is 1.69. The number of carbonyl (C=O) groups excluding carboxylic acids is 3. The van der Waals surface area contributed by atoms with Crippen LogP contribution in [-0.2, 0) is 16.0 Å². The molecule has 2 fully saturated rings. The molecule has 2 aromatic rings. The summed E-state index contributed by atoms with van der Waals surface area (Å²) in [7, 11) is 0. The van der Waals surface area contributed by atoms with Gasteiger partial charge in [-0.25, -0.2) is 4.79 Å². The van der Waals surface area contributed by atoms with Crippen molar-refractivity contribution in [1.82, 2.24) is 9.80 Å². The highest BCUT2D eigenvalue weighted by Gasteiger charge is 2.64. The van der Waals surface area contributed by atoms with Crippen LogP contribution in [0.3, 0.4) is 0 Å². The molecule has 0 radical (unpaired) electrons. The fourth-order valence-corrected chi connectivity index (χ4v) is 5.88. The number of urea groups is 1. The molecule has 172 valence electrons. The lowest BCUT2D eigenvalue weighted by molar-refractivity contribution is -0.160. The molecule has 7 nitrogen and oxygen atoms in total. The Kier molecular flexibility index (Phi) is 5.32. The Bertz CT molecular complexity index is 1100. The standard InChI is InChI=1S/C25H27ClN4O3/c1-3-28-22(31)25(23(32)29(4-2)24(28)33)15-18-19(26)11-8-12-20(18)30-14-13-27(16-21(25)30)17-9-6-5-7-10-17/h5-12,21H,3-4,13-16H2,1-2H3/t21-/m1/s1. The summed E-state index contributed by atoms with van der Waals surface area (Å²) >= 11 is 6.61. The molecule has 8 heteroatoms. The number of para-hydroxylation sites is 1. The van der Waals surface area contributed by atoms with E-state index in [0.717, 1.165) is 23.5 Å². The van der Waals surface area contributed by atoms with Crippen molar-refractivity contribution in [1.29, 1.82) is 0 Å². The second-order valence-corrected chi connectivity index (χ2v) is 9.16. The molecule has 2 saturated heterocycles. The summed E-state index contributed by atoms with van der Waals surface area (Å²) < 4.78 is 0. The fourth-order valence-electron chi connectivity index (χ4n) is 5.64. The first-order valence-electron chi connectivity index (χ1n) is 11.5. The zero-order chi connectivity index (χ0) is 23.3. The SMILES string of the molecule is CCN1C(=O)N(CC)C(=O)C2(Cc3c(Cl)cccc3N3CCN(c4ccccc4)C[C@@H]32)C1=O. The van der Waals surface area contributed by atoms with E-state index in [9.17, 15) is 14.4 Å². The number of anilines is 2. The molecule has 0 aliphatic carbocycles. The Hall–Kier alpha value is -3.06. The Morgan fingerprint density at radius 3 is 2.21 bits per heavy atom. The van der Waals surface area contributed by atoms with Crippen LogP contribution in [0.15, 0.2) is 48.5 Å². The van der Waals surface area contributed by atoms with Crippen LogP contribution in [0.1, 0.15) is 19.4 Å². The normalized spacial score (nSPS) is 22.0. The Morgan fingerprint density at radius 2 is 1.58 bits per heavy atom. The summed E-state index contributed by atoms with van der Waals surface area (Å²) in [5.74, 6) is -0.833. The number of fused-ring (bicyclic) bond motifs is 4. The largest absolute Gasteiger partial charge is 0.368 e. The molecule has 1 spiro atoms. The van der Waals surface area contributed by atoms with Crippen LogP contribution < -0.4 is 9.80 Å². The molecule has 0 saturated carbocycles. The van der Waals surface area contributed by atoms with Gasteiger partial charge in [0.2, 0.25) is 11.8 Å². The van der Waals surface area contributed by atoms with Gasteiger partial charge in [-0.2, -0.15) is 0 Å². The number of nitrogens with zero attached hydrogens (tertiary/aromatic N) is 4. The molecule has 3 aliphatic rings. The van der Waals surface area contributed by atoms with Crippen molar-refractivity contribution in [2.24, 2.45) is 5.41 Å². The summed E-state index contributed by atoms with van der Waals surface area (Å²) in [6.07, 6.45) is 0.184. The highest BCUT2D eigenvalue weighted by atomic mass is 35.5. The fraction of sp³-hybridized carbons (Fsp3) is 0.400. The maximum Gasteiger partial charge on any atom is 0.333 e. The molecule has 2 aromatic carbocycles. The number of hydrogen-bond acceptors (Lipinski definition) is 5. The molecule has 0 N–H and O–H groups in total. The number of benzene rings is 2. The monoisotopic (exact) mass is 466 g/mol. The maximum atomic E-state index is 14.0. The number of rotatable bonds is 3. The third-order valence-electron chi connectivity index (χ3n) is 7.28. The Morgan fingerprint density at radius 1 is 0.909 bits per heavy atom. The van der Waals surface area contributed by atoms with Gasteiger partial charge in [-0.1, -0.05) is 35.9 Å². The number of barbiturate groups is 1. The number of piperazine rings is 1. The lowest BCUT2D eigenvalue weighted by Crippen LogP contribution is -2.75. The van der Waals surface area contributed by atoms with Gasteiger partial charge < -0.3 is 9.80 Å². The molecule has 33 heavy (non-hydrogen) atoms. The third-order valence-corrected chi connectivity index (χ3v) is 7.63. The number of amides is 4. The van der Waals surface area contributed by atoms with Crippen molar-refractivity contribution < 1.29 is 14.4 Å². The van der Waals surface area contributed by atoms with E-state index >= 15 is 0 Å². The van der Waals surface area contributed by atoms with Crippen LogP contribution in [0.5, 0.6) is 0 Å². The second kappa shape index (κ2) is 8.06.